The number of carbonyl (C=O) groups excluding carboxylic acids is 2. The van der Waals surface area contributed by atoms with Crippen LogP contribution in [-0.2, 0) is 23.8 Å². The van der Waals surface area contributed by atoms with Crippen LogP contribution in [-0.4, -0.2) is 50.5 Å². The molecule has 2 aromatic rings. The van der Waals surface area contributed by atoms with Gasteiger partial charge in [-0.1, -0.05) is 27.4 Å². The van der Waals surface area contributed by atoms with Crippen LogP contribution in [0, 0.1) is 13.8 Å². The van der Waals surface area contributed by atoms with Gasteiger partial charge in [-0.25, -0.2) is 4.98 Å². The van der Waals surface area contributed by atoms with E-state index in [4.69, 9.17) is 0 Å². The number of benzene rings is 1. The Morgan fingerprint density at radius 3 is 2.53 bits per heavy atom. The summed E-state index contributed by atoms with van der Waals surface area (Å²) < 4.78 is 1.76. The predicted molar refractivity (Wildman–Crippen MR) is 125 cm³/mol. The van der Waals surface area contributed by atoms with E-state index in [1.165, 1.54) is 6.08 Å². The van der Waals surface area contributed by atoms with E-state index < -0.39 is 0 Å². The van der Waals surface area contributed by atoms with Gasteiger partial charge in [0.15, 0.2) is 0 Å². The zero-order valence-electron chi connectivity index (χ0n) is 19.7. The lowest BCUT2D eigenvalue weighted by molar-refractivity contribution is -0.130. The number of nitrogens with one attached hydrogen (secondary N) is 2. The second-order valence-corrected chi connectivity index (χ2v) is 9.43. The van der Waals surface area contributed by atoms with Crippen LogP contribution < -0.4 is 10.6 Å². The molecule has 0 radical (unpaired) electrons. The standard InChI is InChI=1S/C24H33N5O3/c1-8-21(31)29-12-16(13-29)27-23(32)22-15(3)26-20(28(22)7)11-25-18-10-17(24(4,5)6)14(2)9-19(18)30/h8-10,16,25,30H,1,11-13H2,2-7H3,(H,27,32). The first-order valence-electron chi connectivity index (χ1n) is 10.7. The fourth-order valence-electron chi connectivity index (χ4n) is 4.12. The van der Waals surface area contributed by atoms with Gasteiger partial charge < -0.3 is 25.2 Å². The Balaban J connectivity index is 1.70. The summed E-state index contributed by atoms with van der Waals surface area (Å²) in [7, 11) is 1.80. The van der Waals surface area contributed by atoms with Crippen molar-refractivity contribution in [2.24, 2.45) is 7.05 Å². The normalized spacial score (nSPS) is 14.1. The molecule has 1 aromatic carbocycles. The van der Waals surface area contributed by atoms with Gasteiger partial charge in [0.2, 0.25) is 5.91 Å². The minimum atomic E-state index is -0.215. The summed E-state index contributed by atoms with van der Waals surface area (Å²) in [4.78, 5) is 30.6. The van der Waals surface area contributed by atoms with Gasteiger partial charge in [0.1, 0.15) is 17.3 Å². The maximum atomic E-state index is 12.8. The molecular formula is C24H33N5O3. The molecule has 2 heterocycles. The van der Waals surface area contributed by atoms with Crippen LogP contribution in [0.1, 0.15) is 53.9 Å². The van der Waals surface area contributed by atoms with Gasteiger partial charge in [-0.3, -0.25) is 9.59 Å². The first kappa shape index (κ1) is 23.4. The SMILES string of the molecule is C=CC(=O)N1CC(NC(=O)c2c(C)nc(CNc3cc(C(C)(C)C)c(C)cc3O)n2C)C1. The Labute approximate surface area is 189 Å². The summed E-state index contributed by atoms with van der Waals surface area (Å²) in [6, 6.07) is 3.66. The number of rotatable bonds is 6. The van der Waals surface area contributed by atoms with Crippen molar-refractivity contribution in [3.63, 3.8) is 0 Å². The molecule has 1 aliphatic heterocycles. The van der Waals surface area contributed by atoms with Crippen LogP contribution in [0.15, 0.2) is 24.8 Å². The van der Waals surface area contributed by atoms with Crippen molar-refractivity contribution in [1.29, 1.82) is 0 Å². The third-order valence-corrected chi connectivity index (χ3v) is 5.87. The van der Waals surface area contributed by atoms with E-state index in [2.05, 4.69) is 43.0 Å². The number of imidazole rings is 1. The van der Waals surface area contributed by atoms with Crippen molar-refractivity contribution in [2.75, 3.05) is 18.4 Å². The molecule has 2 amide bonds. The van der Waals surface area contributed by atoms with Crippen LogP contribution in [0.3, 0.4) is 0 Å². The van der Waals surface area contributed by atoms with Crippen LogP contribution in [0.25, 0.3) is 0 Å². The molecule has 0 spiro atoms. The Morgan fingerprint density at radius 2 is 1.94 bits per heavy atom. The number of hydrogen-bond donors (Lipinski definition) is 3. The Bertz CT molecular complexity index is 1060. The highest BCUT2D eigenvalue weighted by Crippen LogP contribution is 2.34. The quantitative estimate of drug-likeness (QED) is 0.475. The average Bonchev–Trinajstić information content (AvgIpc) is 2.95. The van der Waals surface area contributed by atoms with Crippen LogP contribution in [0.4, 0.5) is 5.69 Å². The Morgan fingerprint density at radius 1 is 1.28 bits per heavy atom. The van der Waals surface area contributed by atoms with Gasteiger partial charge in [-0.2, -0.15) is 0 Å². The number of likely N-dealkylation sites (tertiary alicyclic amines) is 1. The highest BCUT2D eigenvalue weighted by atomic mass is 16.3. The van der Waals surface area contributed by atoms with Crippen molar-refractivity contribution >= 4 is 17.5 Å². The maximum Gasteiger partial charge on any atom is 0.270 e. The number of aromatic nitrogens is 2. The lowest BCUT2D eigenvalue weighted by Crippen LogP contribution is -2.60. The third-order valence-electron chi connectivity index (χ3n) is 5.87. The third kappa shape index (κ3) is 4.64. The molecule has 0 unspecified atom stereocenters. The monoisotopic (exact) mass is 439 g/mol. The van der Waals surface area contributed by atoms with Crippen molar-refractivity contribution < 1.29 is 14.7 Å². The lowest BCUT2D eigenvalue weighted by atomic mass is 9.83. The van der Waals surface area contributed by atoms with Crippen molar-refractivity contribution in [1.82, 2.24) is 19.8 Å². The highest BCUT2D eigenvalue weighted by molar-refractivity contribution is 5.94. The first-order chi connectivity index (χ1) is 14.9. The molecule has 0 aliphatic carbocycles. The number of carbonyl (C=O) groups is 2. The zero-order valence-corrected chi connectivity index (χ0v) is 19.7. The molecule has 32 heavy (non-hydrogen) atoms. The summed E-state index contributed by atoms with van der Waals surface area (Å²) in [6.07, 6.45) is 1.28. The highest BCUT2D eigenvalue weighted by Gasteiger charge is 2.31. The van der Waals surface area contributed by atoms with E-state index >= 15 is 0 Å². The molecule has 1 aliphatic rings. The molecule has 1 aromatic heterocycles. The van der Waals surface area contributed by atoms with Crippen molar-refractivity contribution in [2.45, 2.75) is 52.6 Å². The molecule has 3 rings (SSSR count). The minimum absolute atomic E-state index is 0.0489. The molecule has 1 saturated heterocycles. The number of anilines is 1. The minimum Gasteiger partial charge on any atom is -0.506 e. The van der Waals surface area contributed by atoms with E-state index in [1.807, 2.05) is 13.0 Å². The van der Waals surface area contributed by atoms with Gasteiger partial charge in [0, 0.05) is 20.1 Å². The molecular weight excluding hydrogens is 406 g/mol. The molecule has 0 atom stereocenters. The van der Waals surface area contributed by atoms with Gasteiger partial charge in [-0.05, 0) is 48.6 Å². The second-order valence-electron chi connectivity index (χ2n) is 9.43. The number of aromatic hydroxyl groups is 1. The zero-order chi connectivity index (χ0) is 23.8. The number of aryl methyl sites for hydroxylation is 2. The fourth-order valence-corrected chi connectivity index (χ4v) is 4.12. The van der Waals surface area contributed by atoms with E-state index in [0.717, 1.165) is 11.1 Å². The summed E-state index contributed by atoms with van der Waals surface area (Å²) in [5.41, 5.74) is 3.89. The Kier molecular flexibility index (Phi) is 6.34. The van der Waals surface area contributed by atoms with Crippen LogP contribution in [0.2, 0.25) is 0 Å². The van der Waals surface area contributed by atoms with Crippen molar-refractivity contribution in [3.05, 3.63) is 53.1 Å². The predicted octanol–water partition coefficient (Wildman–Crippen LogP) is 2.78. The number of phenols is 1. The Hall–Kier alpha value is -3.29. The van der Waals surface area contributed by atoms with Crippen LogP contribution in [0.5, 0.6) is 5.75 Å². The summed E-state index contributed by atoms with van der Waals surface area (Å²) in [5.74, 6) is 0.521. The van der Waals surface area contributed by atoms with Crippen molar-refractivity contribution in [3.8, 4) is 5.75 Å². The topological polar surface area (TPSA) is 99.5 Å². The van der Waals surface area contributed by atoms with E-state index in [9.17, 15) is 14.7 Å². The second kappa shape index (κ2) is 8.68. The molecule has 8 nitrogen and oxygen atoms in total. The van der Waals surface area contributed by atoms with Gasteiger partial charge in [-0.15, -0.1) is 0 Å². The number of hydrogen-bond acceptors (Lipinski definition) is 5. The molecule has 0 bridgehead atoms. The number of amides is 2. The largest absolute Gasteiger partial charge is 0.506 e. The first-order valence-corrected chi connectivity index (χ1v) is 10.7. The molecule has 0 saturated carbocycles. The summed E-state index contributed by atoms with van der Waals surface area (Å²) >= 11 is 0. The maximum absolute atomic E-state index is 12.8. The van der Waals surface area contributed by atoms with Gasteiger partial charge >= 0.3 is 0 Å². The van der Waals surface area contributed by atoms with E-state index in [1.54, 1.807) is 29.5 Å². The molecule has 1 fully saturated rings. The van der Waals surface area contributed by atoms with Gasteiger partial charge in [0.25, 0.3) is 5.91 Å². The lowest BCUT2D eigenvalue weighted by Gasteiger charge is -2.38. The molecule has 3 N–H and O–H groups in total. The molecule has 8 heteroatoms. The number of phenolic OH excluding ortho intramolecular Hbond substituents is 1. The van der Waals surface area contributed by atoms with Gasteiger partial charge in [0.05, 0.1) is 24.0 Å². The average molecular weight is 440 g/mol. The fraction of sp³-hybridized carbons (Fsp3) is 0.458. The summed E-state index contributed by atoms with van der Waals surface area (Å²) in [5, 5.41) is 16.6. The van der Waals surface area contributed by atoms with Crippen LogP contribution >= 0.6 is 0 Å². The van der Waals surface area contributed by atoms with E-state index in [0.29, 0.717) is 42.5 Å². The smallest absolute Gasteiger partial charge is 0.270 e. The number of nitrogens with zero attached hydrogens (tertiary/aromatic N) is 3. The van der Waals surface area contributed by atoms with E-state index in [-0.39, 0.29) is 29.0 Å². The molecule has 172 valence electrons. The summed E-state index contributed by atoms with van der Waals surface area (Å²) in [6.45, 7) is 15.0.